The van der Waals surface area contributed by atoms with Crippen LogP contribution in [0.1, 0.15) is 27.8 Å². The van der Waals surface area contributed by atoms with E-state index in [1.807, 2.05) is 61.5 Å². The summed E-state index contributed by atoms with van der Waals surface area (Å²) in [6.07, 6.45) is 1.33. The van der Waals surface area contributed by atoms with Crippen LogP contribution in [0.2, 0.25) is 0 Å². The third-order valence-electron chi connectivity index (χ3n) is 4.49. The molecule has 1 N–H and O–H groups in total. The number of methoxy groups -OCH3 is 1. The molecule has 1 aliphatic heterocycles. The molecule has 0 bridgehead atoms. The maximum Gasteiger partial charge on any atom is 0.262 e. The molecule has 1 aliphatic rings. The van der Waals surface area contributed by atoms with Gasteiger partial charge in [0, 0.05) is 18.0 Å². The minimum atomic E-state index is -0.381. The molecule has 130 valence electrons. The van der Waals surface area contributed by atoms with Crippen molar-refractivity contribution in [3.8, 4) is 5.75 Å². The first-order valence-corrected chi connectivity index (χ1v) is 8.43. The highest BCUT2D eigenvalue weighted by Gasteiger charge is 2.39. The standard InChI is InChI=1S/C21H19N3O2/c1-14-8-10-15(11-9-14)23-20-19-18(7-4-12-22-19)21(25)24(20)16-5-3-6-17(13-16)26-2/h3-13,20,23H,1-2H3. The predicted molar refractivity (Wildman–Crippen MR) is 102 cm³/mol. The van der Waals surface area contributed by atoms with Crippen LogP contribution < -0.4 is 15.0 Å². The van der Waals surface area contributed by atoms with Crippen LogP contribution in [-0.2, 0) is 0 Å². The Balaban J connectivity index is 1.77. The monoisotopic (exact) mass is 345 g/mol. The zero-order valence-corrected chi connectivity index (χ0v) is 14.6. The van der Waals surface area contributed by atoms with E-state index in [4.69, 9.17) is 4.74 Å². The van der Waals surface area contributed by atoms with Gasteiger partial charge in [0.2, 0.25) is 0 Å². The quantitative estimate of drug-likeness (QED) is 0.771. The fourth-order valence-corrected chi connectivity index (χ4v) is 3.15. The minimum absolute atomic E-state index is 0.0778. The molecule has 0 fully saturated rings. The number of carbonyl (C=O) groups is 1. The summed E-state index contributed by atoms with van der Waals surface area (Å²) < 4.78 is 5.32. The number of pyridine rings is 1. The van der Waals surface area contributed by atoms with E-state index >= 15 is 0 Å². The van der Waals surface area contributed by atoms with Crippen molar-refractivity contribution in [3.63, 3.8) is 0 Å². The number of aryl methyl sites for hydroxylation is 1. The van der Waals surface area contributed by atoms with Crippen LogP contribution in [0.3, 0.4) is 0 Å². The molecule has 2 aromatic carbocycles. The number of anilines is 2. The average Bonchev–Trinajstić information content (AvgIpc) is 2.96. The molecule has 1 atom stereocenters. The van der Waals surface area contributed by atoms with Crippen molar-refractivity contribution >= 4 is 17.3 Å². The summed E-state index contributed by atoms with van der Waals surface area (Å²) in [5.74, 6) is 0.624. The van der Waals surface area contributed by atoms with Gasteiger partial charge in [-0.2, -0.15) is 0 Å². The minimum Gasteiger partial charge on any atom is -0.497 e. The SMILES string of the molecule is COc1cccc(N2C(=O)c3cccnc3C2Nc2ccc(C)cc2)c1. The van der Waals surface area contributed by atoms with Crippen molar-refractivity contribution in [1.82, 2.24) is 4.98 Å². The Bertz CT molecular complexity index is 953. The third kappa shape index (κ3) is 2.77. The number of fused-ring (bicyclic) bond motifs is 1. The highest BCUT2D eigenvalue weighted by atomic mass is 16.5. The second-order valence-corrected chi connectivity index (χ2v) is 6.23. The van der Waals surface area contributed by atoms with Gasteiger partial charge in [-0.25, -0.2) is 0 Å². The fraction of sp³-hybridized carbons (Fsp3) is 0.143. The fourth-order valence-electron chi connectivity index (χ4n) is 3.15. The molecule has 0 aliphatic carbocycles. The Morgan fingerprint density at radius 3 is 2.65 bits per heavy atom. The lowest BCUT2D eigenvalue weighted by atomic mass is 10.2. The first kappa shape index (κ1) is 16.1. The van der Waals surface area contributed by atoms with Crippen LogP contribution in [0, 0.1) is 6.92 Å². The number of carbonyl (C=O) groups excluding carboxylic acids is 1. The highest BCUT2D eigenvalue weighted by Crippen LogP contribution is 2.37. The maximum atomic E-state index is 13.1. The number of amides is 1. The maximum absolute atomic E-state index is 13.1. The van der Waals surface area contributed by atoms with Crippen LogP contribution in [-0.4, -0.2) is 18.0 Å². The first-order chi connectivity index (χ1) is 12.7. The molecule has 2 heterocycles. The number of aromatic nitrogens is 1. The number of hydrogen-bond acceptors (Lipinski definition) is 4. The van der Waals surface area contributed by atoms with Crippen molar-refractivity contribution in [1.29, 1.82) is 0 Å². The number of ether oxygens (including phenoxy) is 1. The summed E-state index contributed by atoms with van der Waals surface area (Å²) >= 11 is 0. The summed E-state index contributed by atoms with van der Waals surface area (Å²) in [5, 5.41) is 3.44. The van der Waals surface area contributed by atoms with Gasteiger partial charge in [-0.1, -0.05) is 23.8 Å². The molecule has 5 nitrogen and oxygen atoms in total. The van der Waals surface area contributed by atoms with E-state index in [9.17, 15) is 4.79 Å². The Morgan fingerprint density at radius 2 is 1.88 bits per heavy atom. The van der Waals surface area contributed by atoms with Crippen molar-refractivity contribution in [3.05, 3.63) is 83.7 Å². The average molecular weight is 345 g/mol. The molecule has 1 aromatic heterocycles. The van der Waals surface area contributed by atoms with Gasteiger partial charge in [-0.15, -0.1) is 0 Å². The molecular formula is C21H19N3O2. The van der Waals surface area contributed by atoms with Crippen LogP contribution in [0.4, 0.5) is 11.4 Å². The highest BCUT2D eigenvalue weighted by molar-refractivity contribution is 6.11. The second-order valence-electron chi connectivity index (χ2n) is 6.23. The number of rotatable bonds is 4. The first-order valence-electron chi connectivity index (χ1n) is 8.43. The van der Waals surface area contributed by atoms with Crippen LogP contribution in [0.25, 0.3) is 0 Å². The molecule has 1 amide bonds. The molecule has 0 radical (unpaired) electrons. The summed E-state index contributed by atoms with van der Waals surface area (Å²) in [6, 6.07) is 19.2. The van der Waals surface area contributed by atoms with Crippen LogP contribution in [0.5, 0.6) is 5.75 Å². The normalized spacial score (nSPS) is 15.7. The van der Waals surface area contributed by atoms with Gasteiger partial charge >= 0.3 is 0 Å². The molecule has 0 spiro atoms. The Labute approximate surface area is 152 Å². The van der Waals surface area contributed by atoms with Crippen LogP contribution >= 0.6 is 0 Å². The van der Waals surface area contributed by atoms with Crippen molar-refractivity contribution in [2.45, 2.75) is 13.1 Å². The smallest absolute Gasteiger partial charge is 0.262 e. The summed E-state index contributed by atoms with van der Waals surface area (Å²) in [7, 11) is 1.61. The molecule has 1 unspecified atom stereocenters. The summed E-state index contributed by atoms with van der Waals surface area (Å²) in [6.45, 7) is 2.04. The van der Waals surface area contributed by atoms with Crippen molar-refractivity contribution in [2.24, 2.45) is 0 Å². The molecule has 0 saturated carbocycles. The summed E-state index contributed by atoms with van der Waals surface area (Å²) in [5.41, 5.74) is 4.21. The Morgan fingerprint density at radius 1 is 1.08 bits per heavy atom. The van der Waals surface area contributed by atoms with Gasteiger partial charge in [0.25, 0.3) is 5.91 Å². The number of benzene rings is 2. The van der Waals surface area contributed by atoms with Gasteiger partial charge in [-0.05, 0) is 43.3 Å². The largest absolute Gasteiger partial charge is 0.497 e. The Hall–Kier alpha value is -3.34. The van der Waals surface area contributed by atoms with E-state index in [0.717, 1.165) is 17.1 Å². The summed E-state index contributed by atoms with van der Waals surface area (Å²) in [4.78, 5) is 19.2. The second kappa shape index (κ2) is 6.52. The molecule has 26 heavy (non-hydrogen) atoms. The Kier molecular flexibility index (Phi) is 4.05. The van der Waals surface area contributed by atoms with Crippen LogP contribution in [0.15, 0.2) is 66.9 Å². The zero-order chi connectivity index (χ0) is 18.1. The number of nitrogens with one attached hydrogen (secondary N) is 1. The van der Waals surface area contributed by atoms with E-state index in [1.165, 1.54) is 5.56 Å². The molecular weight excluding hydrogens is 326 g/mol. The van der Waals surface area contributed by atoms with Gasteiger partial charge in [-0.3, -0.25) is 14.7 Å². The van der Waals surface area contributed by atoms with Gasteiger partial charge < -0.3 is 10.1 Å². The third-order valence-corrected chi connectivity index (χ3v) is 4.49. The molecule has 5 heteroatoms. The van der Waals surface area contributed by atoms with E-state index < -0.39 is 0 Å². The molecule has 4 rings (SSSR count). The van der Waals surface area contributed by atoms with E-state index in [0.29, 0.717) is 11.3 Å². The van der Waals surface area contributed by atoms with Crippen molar-refractivity contribution < 1.29 is 9.53 Å². The topological polar surface area (TPSA) is 54.5 Å². The lowest BCUT2D eigenvalue weighted by Gasteiger charge is -2.27. The lowest BCUT2D eigenvalue weighted by molar-refractivity contribution is 0.0993. The van der Waals surface area contributed by atoms with Gasteiger partial charge in [0.15, 0.2) is 6.17 Å². The van der Waals surface area contributed by atoms with E-state index in [2.05, 4.69) is 10.3 Å². The van der Waals surface area contributed by atoms with E-state index in [1.54, 1.807) is 24.3 Å². The molecule has 3 aromatic rings. The van der Waals surface area contributed by atoms with Gasteiger partial charge in [0.05, 0.1) is 24.1 Å². The van der Waals surface area contributed by atoms with Gasteiger partial charge in [0.1, 0.15) is 5.75 Å². The number of hydrogen-bond donors (Lipinski definition) is 1. The van der Waals surface area contributed by atoms with E-state index in [-0.39, 0.29) is 12.1 Å². The predicted octanol–water partition coefficient (Wildman–Crippen LogP) is 4.17. The zero-order valence-electron chi connectivity index (χ0n) is 14.6. The number of nitrogens with zero attached hydrogens (tertiary/aromatic N) is 2. The van der Waals surface area contributed by atoms with Crippen molar-refractivity contribution in [2.75, 3.05) is 17.3 Å². The lowest BCUT2D eigenvalue weighted by Crippen LogP contribution is -2.32. The molecule has 0 saturated heterocycles.